The van der Waals surface area contributed by atoms with Crippen molar-refractivity contribution < 1.29 is 23.8 Å². The standard InChI is InChI=1S/C36H49O5/c1-5-16-34(17-6-2)41-35(37)18-14-12-10-8-9-11-13-15-27-39-33-25-23-31(24-26-33)30-19-21-32(22-20-30)36(38)40-28-29(4)7-3/h5-6,19-26,34H,1-2,7-18,27-28H2,3-4H3. The topological polar surface area (TPSA) is 61.8 Å². The zero-order chi connectivity index (χ0) is 29.7. The normalized spacial score (nSPS) is 10.9. The van der Waals surface area contributed by atoms with Gasteiger partial charge in [-0.05, 0) is 54.7 Å². The van der Waals surface area contributed by atoms with Crippen molar-refractivity contribution in [3.05, 3.63) is 85.3 Å². The Morgan fingerprint density at radius 2 is 1.32 bits per heavy atom. The Morgan fingerprint density at radius 1 is 0.780 bits per heavy atom. The van der Waals surface area contributed by atoms with Crippen LogP contribution in [0.3, 0.4) is 0 Å². The maximum Gasteiger partial charge on any atom is 0.338 e. The second-order valence-electron chi connectivity index (χ2n) is 10.6. The molecule has 2 rings (SSSR count). The number of rotatable bonds is 22. The van der Waals surface area contributed by atoms with Crippen LogP contribution >= 0.6 is 0 Å². The first-order chi connectivity index (χ1) is 20.0. The highest BCUT2D eigenvalue weighted by Crippen LogP contribution is 2.23. The van der Waals surface area contributed by atoms with Crippen molar-refractivity contribution in [2.75, 3.05) is 13.2 Å². The van der Waals surface area contributed by atoms with Gasteiger partial charge in [0.2, 0.25) is 0 Å². The Kier molecular flexibility index (Phi) is 17.0. The maximum absolute atomic E-state index is 12.2. The van der Waals surface area contributed by atoms with E-state index in [2.05, 4.69) is 20.1 Å². The SMILES string of the molecule is C=CCC(CC=C)OC(=O)CCCCCCCCCCOc1ccc(-c2ccc(C(=O)OC[C](C)CC)cc2)cc1. The molecule has 5 nitrogen and oxygen atoms in total. The Hall–Kier alpha value is -3.34. The van der Waals surface area contributed by atoms with Crippen molar-refractivity contribution in [1.82, 2.24) is 0 Å². The van der Waals surface area contributed by atoms with E-state index in [0.29, 0.717) is 38.0 Å². The van der Waals surface area contributed by atoms with Gasteiger partial charge in [0.25, 0.3) is 0 Å². The quantitative estimate of drug-likeness (QED) is 0.0814. The Morgan fingerprint density at radius 3 is 1.88 bits per heavy atom. The summed E-state index contributed by atoms with van der Waals surface area (Å²) in [6, 6.07) is 15.6. The third-order valence-corrected chi connectivity index (χ3v) is 7.06. The Balaban J connectivity index is 1.53. The Labute approximate surface area is 248 Å². The summed E-state index contributed by atoms with van der Waals surface area (Å²) in [6.07, 6.45) is 15.1. The lowest BCUT2D eigenvalue weighted by Crippen LogP contribution is -2.16. The molecule has 0 heterocycles. The number of carbonyl (C=O) groups excluding carboxylic acids is 2. The smallest absolute Gasteiger partial charge is 0.338 e. The van der Waals surface area contributed by atoms with Gasteiger partial charge in [0.1, 0.15) is 11.9 Å². The van der Waals surface area contributed by atoms with Gasteiger partial charge in [0, 0.05) is 25.2 Å². The fourth-order valence-electron chi connectivity index (χ4n) is 4.35. The van der Waals surface area contributed by atoms with Crippen molar-refractivity contribution in [2.45, 2.75) is 97.0 Å². The highest BCUT2D eigenvalue weighted by atomic mass is 16.5. The van der Waals surface area contributed by atoms with Gasteiger partial charge >= 0.3 is 11.9 Å². The van der Waals surface area contributed by atoms with Gasteiger partial charge in [0.15, 0.2) is 0 Å². The van der Waals surface area contributed by atoms with Gasteiger partial charge in [-0.2, -0.15) is 0 Å². The molecule has 0 saturated heterocycles. The summed E-state index contributed by atoms with van der Waals surface area (Å²) in [6.45, 7) is 12.6. The average Bonchev–Trinajstić information content (AvgIpc) is 2.99. The largest absolute Gasteiger partial charge is 0.494 e. The van der Waals surface area contributed by atoms with E-state index in [0.717, 1.165) is 61.3 Å². The number of unbranched alkanes of at least 4 members (excludes halogenated alkanes) is 7. The summed E-state index contributed by atoms with van der Waals surface area (Å²) in [7, 11) is 0. The molecule has 1 radical (unpaired) electrons. The van der Waals surface area contributed by atoms with Crippen LogP contribution in [0.25, 0.3) is 11.1 Å². The van der Waals surface area contributed by atoms with Crippen molar-refractivity contribution in [2.24, 2.45) is 0 Å². The molecule has 41 heavy (non-hydrogen) atoms. The summed E-state index contributed by atoms with van der Waals surface area (Å²) >= 11 is 0. The molecule has 0 saturated carbocycles. The minimum atomic E-state index is -0.291. The highest BCUT2D eigenvalue weighted by Gasteiger charge is 2.12. The van der Waals surface area contributed by atoms with Gasteiger partial charge in [-0.1, -0.05) is 88.8 Å². The van der Waals surface area contributed by atoms with Gasteiger partial charge < -0.3 is 14.2 Å². The van der Waals surface area contributed by atoms with Crippen LogP contribution in [0.2, 0.25) is 0 Å². The van der Waals surface area contributed by atoms with Crippen molar-refractivity contribution >= 4 is 11.9 Å². The molecule has 5 heteroatoms. The molecule has 0 fully saturated rings. The second kappa shape index (κ2) is 20.5. The summed E-state index contributed by atoms with van der Waals surface area (Å²) in [4.78, 5) is 24.2. The van der Waals surface area contributed by atoms with Crippen LogP contribution in [0.15, 0.2) is 73.8 Å². The van der Waals surface area contributed by atoms with Crippen molar-refractivity contribution in [3.8, 4) is 16.9 Å². The summed E-state index contributed by atoms with van der Waals surface area (Å²) in [5.41, 5.74) is 2.69. The molecule has 0 aliphatic carbocycles. The molecule has 2 aromatic carbocycles. The van der Waals surface area contributed by atoms with Crippen molar-refractivity contribution in [3.63, 3.8) is 0 Å². The zero-order valence-corrected chi connectivity index (χ0v) is 25.2. The molecule has 0 unspecified atom stereocenters. The fraction of sp³-hybridized carbons (Fsp3) is 0.472. The van der Waals surface area contributed by atoms with E-state index >= 15 is 0 Å². The molecule has 0 bridgehead atoms. The molecular formula is C36H49O5. The molecule has 2 aromatic rings. The van der Waals surface area contributed by atoms with Crippen LogP contribution in [0.4, 0.5) is 0 Å². The third-order valence-electron chi connectivity index (χ3n) is 7.06. The number of hydrogen-bond donors (Lipinski definition) is 0. The monoisotopic (exact) mass is 561 g/mol. The fourth-order valence-corrected chi connectivity index (χ4v) is 4.35. The first-order valence-electron chi connectivity index (χ1n) is 15.2. The molecule has 223 valence electrons. The molecule has 0 aliphatic heterocycles. The number of ether oxygens (including phenoxy) is 3. The van der Waals surface area contributed by atoms with E-state index in [-0.39, 0.29) is 18.0 Å². The van der Waals surface area contributed by atoms with Crippen LogP contribution in [0, 0.1) is 5.92 Å². The molecule has 0 amide bonds. The number of hydrogen-bond acceptors (Lipinski definition) is 5. The van der Waals surface area contributed by atoms with Crippen LogP contribution in [0.5, 0.6) is 5.75 Å². The highest BCUT2D eigenvalue weighted by molar-refractivity contribution is 5.90. The van der Waals surface area contributed by atoms with E-state index in [9.17, 15) is 9.59 Å². The molecule has 0 atom stereocenters. The minimum Gasteiger partial charge on any atom is -0.494 e. The maximum atomic E-state index is 12.2. The van der Waals surface area contributed by atoms with Gasteiger partial charge in [0.05, 0.1) is 18.8 Å². The molecular weight excluding hydrogens is 512 g/mol. The predicted octanol–water partition coefficient (Wildman–Crippen LogP) is 9.47. The number of benzene rings is 2. The van der Waals surface area contributed by atoms with E-state index < -0.39 is 0 Å². The van der Waals surface area contributed by atoms with Crippen LogP contribution in [-0.4, -0.2) is 31.3 Å². The third kappa shape index (κ3) is 14.2. The summed E-state index contributed by atoms with van der Waals surface area (Å²) in [5.74, 6) is 1.61. The molecule has 0 aromatic heterocycles. The first kappa shape index (κ1) is 33.9. The van der Waals surface area contributed by atoms with Gasteiger partial charge in [-0.15, -0.1) is 13.2 Å². The van der Waals surface area contributed by atoms with Crippen LogP contribution in [-0.2, 0) is 14.3 Å². The predicted molar refractivity (Wildman–Crippen MR) is 168 cm³/mol. The van der Waals surface area contributed by atoms with Crippen molar-refractivity contribution in [1.29, 1.82) is 0 Å². The first-order valence-corrected chi connectivity index (χ1v) is 15.2. The number of carbonyl (C=O) groups is 2. The average molecular weight is 562 g/mol. The molecule has 0 aliphatic rings. The van der Waals surface area contributed by atoms with E-state index in [1.807, 2.05) is 55.5 Å². The van der Waals surface area contributed by atoms with Crippen LogP contribution < -0.4 is 4.74 Å². The lowest BCUT2D eigenvalue weighted by molar-refractivity contribution is -0.148. The van der Waals surface area contributed by atoms with E-state index in [4.69, 9.17) is 14.2 Å². The summed E-state index contributed by atoms with van der Waals surface area (Å²) in [5, 5.41) is 0. The lowest BCUT2D eigenvalue weighted by Gasteiger charge is -2.14. The minimum absolute atomic E-state index is 0.113. The van der Waals surface area contributed by atoms with E-state index in [1.165, 1.54) is 19.3 Å². The Bertz CT molecular complexity index is 1010. The second-order valence-corrected chi connectivity index (χ2v) is 10.6. The lowest BCUT2D eigenvalue weighted by atomic mass is 10.0. The van der Waals surface area contributed by atoms with Gasteiger partial charge in [-0.25, -0.2) is 4.79 Å². The van der Waals surface area contributed by atoms with Crippen LogP contribution in [0.1, 0.15) is 101 Å². The molecule has 0 spiro atoms. The molecule has 0 N–H and O–H groups in total. The summed E-state index contributed by atoms with van der Waals surface area (Å²) < 4.78 is 16.8. The van der Waals surface area contributed by atoms with E-state index in [1.54, 1.807) is 12.2 Å². The van der Waals surface area contributed by atoms with Gasteiger partial charge in [-0.3, -0.25) is 4.79 Å². The zero-order valence-electron chi connectivity index (χ0n) is 25.2. The number of esters is 2.